The second-order valence-corrected chi connectivity index (χ2v) is 6.94. The van der Waals surface area contributed by atoms with Gasteiger partial charge in [-0.25, -0.2) is 4.99 Å². The second-order valence-electron chi connectivity index (χ2n) is 5.99. The summed E-state index contributed by atoms with van der Waals surface area (Å²) < 4.78 is 6.26. The van der Waals surface area contributed by atoms with Crippen molar-refractivity contribution in [2.45, 2.75) is 12.0 Å². The van der Waals surface area contributed by atoms with E-state index in [1.54, 1.807) is 11.3 Å². The van der Waals surface area contributed by atoms with Crippen molar-refractivity contribution in [3.63, 3.8) is 0 Å². The predicted molar refractivity (Wildman–Crippen MR) is 98.9 cm³/mol. The largest absolute Gasteiger partial charge is 0.483 e. The van der Waals surface area contributed by atoms with E-state index in [-0.39, 0.29) is 12.0 Å². The summed E-state index contributed by atoms with van der Waals surface area (Å²) in [5.41, 5.74) is 4.46. The van der Waals surface area contributed by atoms with Gasteiger partial charge in [0.25, 0.3) is 0 Å². The minimum Gasteiger partial charge on any atom is -0.483 e. The Morgan fingerprint density at radius 2 is 1.71 bits per heavy atom. The van der Waals surface area contributed by atoms with Gasteiger partial charge in [0.2, 0.25) is 0 Å². The Bertz CT molecular complexity index is 941. The molecule has 0 N–H and O–H groups in total. The zero-order valence-corrected chi connectivity index (χ0v) is 13.7. The number of nitrogens with zero attached hydrogens (tertiary/aromatic N) is 1. The van der Waals surface area contributed by atoms with Crippen molar-refractivity contribution >= 4 is 22.7 Å². The molecule has 2 nitrogen and oxygen atoms in total. The Labute approximate surface area is 144 Å². The van der Waals surface area contributed by atoms with E-state index in [1.807, 2.05) is 12.1 Å². The molecule has 2 aliphatic heterocycles. The molecular formula is C21H15NOS. The summed E-state index contributed by atoms with van der Waals surface area (Å²) in [6.07, 6.45) is 2.22. The molecule has 3 heterocycles. The third-order valence-electron chi connectivity index (χ3n) is 4.55. The Hall–Kier alpha value is -2.65. The lowest BCUT2D eigenvalue weighted by Gasteiger charge is -2.23. The minimum atomic E-state index is -0.0338. The van der Waals surface area contributed by atoms with Gasteiger partial charge in [0.1, 0.15) is 5.75 Å². The zero-order valence-electron chi connectivity index (χ0n) is 12.9. The molecule has 0 radical (unpaired) electrons. The van der Waals surface area contributed by atoms with Gasteiger partial charge in [-0.2, -0.15) is 0 Å². The maximum absolute atomic E-state index is 6.26. The first kappa shape index (κ1) is 13.8. The normalized spacial score (nSPS) is 21.3. The number of para-hydroxylation sites is 1. The van der Waals surface area contributed by atoms with Crippen LogP contribution in [0.15, 0.2) is 83.2 Å². The summed E-state index contributed by atoms with van der Waals surface area (Å²) in [4.78, 5) is 6.16. The monoisotopic (exact) mass is 329 g/mol. The van der Waals surface area contributed by atoms with Crippen LogP contribution in [0.3, 0.4) is 0 Å². The van der Waals surface area contributed by atoms with Crippen molar-refractivity contribution in [1.29, 1.82) is 0 Å². The molecule has 3 heteroatoms. The first-order valence-electron chi connectivity index (χ1n) is 8.05. The number of rotatable bonds is 2. The number of hydrogen-bond donors (Lipinski definition) is 0. The van der Waals surface area contributed by atoms with Crippen LogP contribution < -0.4 is 4.74 Å². The van der Waals surface area contributed by atoms with Gasteiger partial charge in [-0.1, -0.05) is 54.6 Å². The summed E-state index contributed by atoms with van der Waals surface area (Å²) in [7, 11) is 0. The highest BCUT2D eigenvalue weighted by atomic mass is 32.1. The molecule has 0 fully saturated rings. The number of fused-ring (bicyclic) bond motifs is 3. The van der Waals surface area contributed by atoms with Crippen LogP contribution in [0, 0.1) is 0 Å². The van der Waals surface area contributed by atoms with Crippen molar-refractivity contribution in [1.82, 2.24) is 0 Å². The van der Waals surface area contributed by atoms with E-state index in [0.717, 1.165) is 22.7 Å². The Balaban J connectivity index is 1.68. The number of hydrogen-bond acceptors (Lipinski definition) is 3. The quantitative estimate of drug-likeness (QED) is 0.638. The lowest BCUT2D eigenvalue weighted by molar-refractivity contribution is 0.288. The van der Waals surface area contributed by atoms with Gasteiger partial charge in [0, 0.05) is 5.56 Å². The fourth-order valence-corrected chi connectivity index (χ4v) is 4.17. The molecular weight excluding hydrogens is 314 g/mol. The number of benzene rings is 2. The molecule has 2 aliphatic rings. The lowest BCUT2D eigenvalue weighted by Crippen LogP contribution is -2.31. The molecule has 3 aromatic rings. The summed E-state index contributed by atoms with van der Waals surface area (Å²) >= 11 is 1.72. The van der Waals surface area contributed by atoms with Crippen LogP contribution in [-0.2, 0) is 0 Å². The maximum Gasteiger partial charge on any atom is 0.152 e. The van der Waals surface area contributed by atoms with Crippen LogP contribution in [-0.4, -0.2) is 11.8 Å². The number of ether oxygens (including phenoxy) is 1. The molecule has 116 valence electrons. The summed E-state index contributed by atoms with van der Waals surface area (Å²) in [6.45, 7) is 0. The molecule has 24 heavy (non-hydrogen) atoms. The van der Waals surface area contributed by atoms with E-state index in [9.17, 15) is 0 Å². The highest BCUT2D eigenvalue weighted by Crippen LogP contribution is 2.44. The summed E-state index contributed by atoms with van der Waals surface area (Å²) in [5, 5.41) is 2.09. The second kappa shape index (κ2) is 5.46. The smallest absolute Gasteiger partial charge is 0.152 e. The third-order valence-corrected chi connectivity index (χ3v) is 5.44. The molecule has 2 atom stereocenters. The topological polar surface area (TPSA) is 21.6 Å². The third kappa shape index (κ3) is 2.13. The first-order chi connectivity index (χ1) is 11.9. The van der Waals surface area contributed by atoms with Gasteiger partial charge in [0.15, 0.2) is 6.10 Å². The van der Waals surface area contributed by atoms with Gasteiger partial charge < -0.3 is 4.74 Å². The fourth-order valence-electron chi connectivity index (χ4n) is 3.43. The lowest BCUT2D eigenvalue weighted by atomic mass is 9.88. The number of thiophene rings is 1. The average molecular weight is 329 g/mol. The average Bonchev–Trinajstić information content (AvgIpc) is 3.29. The predicted octanol–water partition coefficient (Wildman–Crippen LogP) is 5.14. The molecule has 2 unspecified atom stereocenters. The Morgan fingerprint density at radius 1 is 0.875 bits per heavy atom. The SMILES string of the molecule is C1=C(c2ccccc2)N=C(c2cccs2)C2Oc3ccccc3C12. The zero-order chi connectivity index (χ0) is 15.9. The molecule has 0 saturated heterocycles. The molecule has 5 rings (SSSR count). The van der Waals surface area contributed by atoms with Crippen molar-refractivity contribution in [2.24, 2.45) is 4.99 Å². The summed E-state index contributed by atoms with van der Waals surface area (Å²) in [5.74, 6) is 1.19. The van der Waals surface area contributed by atoms with Crippen molar-refractivity contribution in [2.75, 3.05) is 0 Å². The van der Waals surface area contributed by atoms with Gasteiger partial charge >= 0.3 is 0 Å². The van der Waals surface area contributed by atoms with Gasteiger partial charge in [-0.05, 0) is 29.2 Å². The van der Waals surface area contributed by atoms with Crippen molar-refractivity contribution in [3.05, 3.63) is 94.2 Å². The standard InChI is InChI=1S/C21H15NOS/c1-2-7-14(8-3-1)17-13-16-15-9-4-5-10-18(15)23-21(16)20(22-17)19-11-6-12-24-19/h1-13,16,21H. The molecule has 0 saturated carbocycles. The highest BCUT2D eigenvalue weighted by molar-refractivity contribution is 7.12. The fraction of sp³-hybridized carbons (Fsp3) is 0.0952. The number of aliphatic imine (C=N–C) groups is 1. The van der Waals surface area contributed by atoms with E-state index in [0.29, 0.717) is 0 Å². The van der Waals surface area contributed by atoms with Gasteiger partial charge in [-0.3, -0.25) is 0 Å². The van der Waals surface area contributed by atoms with Crippen molar-refractivity contribution < 1.29 is 4.74 Å². The van der Waals surface area contributed by atoms with E-state index in [4.69, 9.17) is 9.73 Å². The summed E-state index contributed by atoms with van der Waals surface area (Å²) in [6, 6.07) is 22.9. The van der Waals surface area contributed by atoms with Crippen LogP contribution in [0.2, 0.25) is 0 Å². The Morgan fingerprint density at radius 3 is 2.54 bits per heavy atom. The maximum atomic E-state index is 6.26. The molecule has 0 aliphatic carbocycles. The van der Waals surface area contributed by atoms with E-state index >= 15 is 0 Å². The molecule has 0 amide bonds. The van der Waals surface area contributed by atoms with Crippen molar-refractivity contribution in [3.8, 4) is 5.75 Å². The highest BCUT2D eigenvalue weighted by Gasteiger charge is 2.39. The van der Waals surface area contributed by atoms with Crippen LogP contribution >= 0.6 is 11.3 Å². The first-order valence-corrected chi connectivity index (χ1v) is 8.93. The van der Waals surface area contributed by atoms with Gasteiger partial charge in [-0.15, -0.1) is 11.3 Å². The van der Waals surface area contributed by atoms with E-state index < -0.39 is 0 Å². The Kier molecular flexibility index (Phi) is 3.13. The molecule has 0 bridgehead atoms. The van der Waals surface area contributed by atoms with Crippen LogP contribution in [0.25, 0.3) is 5.70 Å². The van der Waals surface area contributed by atoms with Crippen LogP contribution in [0.1, 0.15) is 21.9 Å². The molecule has 1 aromatic heterocycles. The minimum absolute atomic E-state index is 0.0338. The van der Waals surface area contributed by atoms with Gasteiger partial charge in [0.05, 0.1) is 22.2 Å². The van der Waals surface area contributed by atoms with E-state index in [2.05, 4.69) is 66.1 Å². The molecule has 0 spiro atoms. The van der Waals surface area contributed by atoms with Crippen LogP contribution in [0.4, 0.5) is 0 Å². The van der Waals surface area contributed by atoms with Crippen LogP contribution in [0.5, 0.6) is 5.75 Å². The van der Waals surface area contributed by atoms with E-state index in [1.165, 1.54) is 10.4 Å². The molecule has 2 aromatic carbocycles.